The zero-order chi connectivity index (χ0) is 14.7. The van der Waals surface area contributed by atoms with Crippen LogP contribution in [0.4, 0.5) is 0 Å². The van der Waals surface area contributed by atoms with E-state index in [-0.39, 0.29) is 6.10 Å². The molecule has 0 N–H and O–H groups in total. The van der Waals surface area contributed by atoms with Crippen molar-refractivity contribution in [1.29, 1.82) is 0 Å². The number of hydrogen-bond acceptors (Lipinski definition) is 2. The van der Waals surface area contributed by atoms with Crippen molar-refractivity contribution in [2.75, 3.05) is 6.61 Å². The molecule has 1 nitrogen and oxygen atoms in total. The Labute approximate surface area is 139 Å². The van der Waals surface area contributed by atoms with Gasteiger partial charge in [-0.15, -0.1) is 11.8 Å². The van der Waals surface area contributed by atoms with Gasteiger partial charge in [-0.05, 0) is 54.8 Å². The Morgan fingerprint density at radius 1 is 0.905 bits per heavy atom. The highest BCUT2D eigenvalue weighted by molar-refractivity contribution is 8.00. The van der Waals surface area contributed by atoms with Gasteiger partial charge >= 0.3 is 0 Å². The maximum Gasteiger partial charge on any atom is 0.0835 e. The number of ether oxygens (including phenoxy) is 1. The van der Waals surface area contributed by atoms with Crippen LogP contribution >= 0.6 is 35.0 Å². The van der Waals surface area contributed by atoms with Crippen LogP contribution in [0.5, 0.6) is 0 Å². The number of halogens is 2. The van der Waals surface area contributed by atoms with Crippen molar-refractivity contribution in [2.24, 2.45) is 0 Å². The van der Waals surface area contributed by atoms with Gasteiger partial charge in [-0.25, -0.2) is 0 Å². The maximum atomic E-state index is 5.94. The highest BCUT2D eigenvalue weighted by atomic mass is 35.5. The lowest BCUT2D eigenvalue weighted by Crippen LogP contribution is -2.21. The fourth-order valence-corrected chi connectivity index (χ4v) is 3.90. The van der Waals surface area contributed by atoms with Crippen LogP contribution in [-0.2, 0) is 4.74 Å². The summed E-state index contributed by atoms with van der Waals surface area (Å²) in [5, 5.41) is 2.12. The van der Waals surface area contributed by atoms with Crippen LogP contribution in [-0.4, -0.2) is 11.9 Å². The Bertz CT molecular complexity index is 583. The molecule has 1 saturated heterocycles. The molecule has 0 spiro atoms. The van der Waals surface area contributed by atoms with Crippen molar-refractivity contribution in [1.82, 2.24) is 0 Å². The second-order valence-corrected chi connectivity index (χ2v) is 7.38. The van der Waals surface area contributed by atoms with Crippen LogP contribution < -0.4 is 0 Å². The minimum absolute atomic E-state index is 0.167. The average Bonchev–Trinajstić information content (AvgIpc) is 2.51. The largest absolute Gasteiger partial charge is 0.373 e. The van der Waals surface area contributed by atoms with Crippen LogP contribution in [0.25, 0.3) is 0 Å². The molecule has 3 rings (SSSR count). The van der Waals surface area contributed by atoms with Crippen molar-refractivity contribution in [3.63, 3.8) is 0 Å². The van der Waals surface area contributed by atoms with E-state index in [1.807, 2.05) is 36.0 Å². The summed E-state index contributed by atoms with van der Waals surface area (Å²) in [5.74, 6) is 0. The minimum atomic E-state index is 0.167. The standard InChI is InChI=1S/C17H16Cl2OS/c18-13-3-1-12(2-4-13)17-11-16(9-10-20-17)21-15-7-5-14(19)6-8-15/h1-8,16-17H,9-11H2/t16-,17+/m0/s1. The molecule has 0 amide bonds. The van der Waals surface area contributed by atoms with E-state index in [9.17, 15) is 0 Å². The molecule has 0 saturated carbocycles. The molecule has 4 heteroatoms. The van der Waals surface area contributed by atoms with Gasteiger partial charge in [-0.3, -0.25) is 0 Å². The Kier molecular flexibility index (Phi) is 5.12. The smallest absolute Gasteiger partial charge is 0.0835 e. The lowest BCUT2D eigenvalue weighted by molar-refractivity contribution is 0.0178. The first-order valence-electron chi connectivity index (χ1n) is 7.00. The van der Waals surface area contributed by atoms with E-state index in [2.05, 4.69) is 24.3 Å². The van der Waals surface area contributed by atoms with Gasteiger partial charge in [0.2, 0.25) is 0 Å². The molecule has 2 aromatic carbocycles. The average molecular weight is 339 g/mol. The van der Waals surface area contributed by atoms with E-state index in [0.717, 1.165) is 29.5 Å². The first-order valence-corrected chi connectivity index (χ1v) is 8.63. The lowest BCUT2D eigenvalue weighted by Gasteiger charge is -2.29. The van der Waals surface area contributed by atoms with Crippen LogP contribution in [0.3, 0.4) is 0 Å². The fourth-order valence-electron chi connectivity index (χ4n) is 2.49. The molecule has 0 radical (unpaired) electrons. The molecular formula is C17H16Cl2OS. The van der Waals surface area contributed by atoms with Crippen molar-refractivity contribution in [2.45, 2.75) is 29.1 Å². The minimum Gasteiger partial charge on any atom is -0.373 e. The van der Waals surface area contributed by atoms with Gasteiger partial charge in [-0.2, -0.15) is 0 Å². The highest BCUT2D eigenvalue weighted by Crippen LogP contribution is 2.37. The SMILES string of the molecule is Clc1ccc(S[C@H]2CCO[C@@H](c3ccc(Cl)cc3)C2)cc1. The summed E-state index contributed by atoms with van der Waals surface area (Å²) in [6.07, 6.45) is 2.27. The summed E-state index contributed by atoms with van der Waals surface area (Å²) >= 11 is 13.8. The van der Waals surface area contributed by atoms with Gasteiger partial charge in [0.15, 0.2) is 0 Å². The predicted octanol–water partition coefficient (Wildman–Crippen LogP) is 6.01. The molecule has 2 aromatic rings. The Morgan fingerprint density at radius 3 is 2.19 bits per heavy atom. The summed E-state index contributed by atoms with van der Waals surface area (Å²) in [5.41, 5.74) is 1.21. The summed E-state index contributed by atoms with van der Waals surface area (Å²) in [6, 6.07) is 16.0. The van der Waals surface area contributed by atoms with Crippen LogP contribution in [0.15, 0.2) is 53.4 Å². The topological polar surface area (TPSA) is 9.23 Å². The van der Waals surface area contributed by atoms with Gasteiger partial charge in [0.05, 0.1) is 6.10 Å². The maximum absolute atomic E-state index is 5.94. The van der Waals surface area contributed by atoms with Crippen LogP contribution in [0.1, 0.15) is 24.5 Å². The summed E-state index contributed by atoms with van der Waals surface area (Å²) < 4.78 is 5.91. The summed E-state index contributed by atoms with van der Waals surface area (Å²) in [4.78, 5) is 1.26. The number of thioether (sulfide) groups is 1. The monoisotopic (exact) mass is 338 g/mol. The second kappa shape index (κ2) is 7.06. The third-order valence-electron chi connectivity index (χ3n) is 3.59. The van der Waals surface area contributed by atoms with E-state index in [4.69, 9.17) is 27.9 Å². The van der Waals surface area contributed by atoms with Crippen molar-refractivity contribution in [3.8, 4) is 0 Å². The molecule has 1 aliphatic rings. The van der Waals surface area contributed by atoms with Crippen molar-refractivity contribution in [3.05, 3.63) is 64.1 Å². The van der Waals surface area contributed by atoms with Crippen molar-refractivity contribution < 1.29 is 4.74 Å². The van der Waals surface area contributed by atoms with E-state index in [1.165, 1.54) is 10.5 Å². The van der Waals surface area contributed by atoms with Gasteiger partial charge in [0.1, 0.15) is 0 Å². The van der Waals surface area contributed by atoms with E-state index >= 15 is 0 Å². The first kappa shape index (κ1) is 15.2. The molecule has 0 aliphatic carbocycles. The molecule has 110 valence electrons. The van der Waals surface area contributed by atoms with Gasteiger partial charge in [0, 0.05) is 26.8 Å². The van der Waals surface area contributed by atoms with Gasteiger partial charge in [-0.1, -0.05) is 35.3 Å². The molecule has 0 unspecified atom stereocenters. The third-order valence-corrected chi connectivity index (χ3v) is 5.40. The number of benzene rings is 2. The van der Waals surface area contributed by atoms with Gasteiger partial charge in [0.25, 0.3) is 0 Å². The normalized spacial score (nSPS) is 22.2. The molecule has 1 aliphatic heterocycles. The van der Waals surface area contributed by atoms with E-state index in [1.54, 1.807) is 0 Å². The Balaban J connectivity index is 1.65. The summed E-state index contributed by atoms with van der Waals surface area (Å²) in [6.45, 7) is 0.804. The summed E-state index contributed by atoms with van der Waals surface area (Å²) in [7, 11) is 0. The number of hydrogen-bond donors (Lipinski definition) is 0. The molecule has 1 fully saturated rings. The zero-order valence-electron chi connectivity index (χ0n) is 11.5. The lowest BCUT2D eigenvalue weighted by atomic mass is 10.0. The Hall–Kier alpha value is -0.670. The zero-order valence-corrected chi connectivity index (χ0v) is 13.8. The quantitative estimate of drug-likeness (QED) is 0.678. The van der Waals surface area contributed by atoms with Crippen LogP contribution in [0, 0.1) is 0 Å². The second-order valence-electron chi connectivity index (χ2n) is 5.13. The molecule has 1 heterocycles. The predicted molar refractivity (Wildman–Crippen MR) is 90.5 cm³/mol. The van der Waals surface area contributed by atoms with Crippen molar-refractivity contribution >= 4 is 35.0 Å². The van der Waals surface area contributed by atoms with E-state index < -0.39 is 0 Å². The fraction of sp³-hybridized carbons (Fsp3) is 0.294. The Morgan fingerprint density at radius 2 is 1.52 bits per heavy atom. The number of rotatable bonds is 3. The third kappa shape index (κ3) is 4.17. The molecule has 0 aromatic heterocycles. The molecule has 0 bridgehead atoms. The molecular weight excluding hydrogens is 323 g/mol. The molecule has 2 atom stereocenters. The van der Waals surface area contributed by atoms with Gasteiger partial charge < -0.3 is 4.74 Å². The van der Waals surface area contributed by atoms with E-state index in [0.29, 0.717) is 5.25 Å². The molecule has 21 heavy (non-hydrogen) atoms. The highest BCUT2D eigenvalue weighted by Gasteiger charge is 2.24. The first-order chi connectivity index (χ1) is 10.2. The van der Waals surface area contributed by atoms with Crippen LogP contribution in [0.2, 0.25) is 10.0 Å².